The molecule has 0 bridgehead atoms. The predicted molar refractivity (Wildman–Crippen MR) is 106 cm³/mol. The topological polar surface area (TPSA) is 69.9 Å². The monoisotopic (exact) mass is 424 g/mol. The van der Waals surface area contributed by atoms with E-state index >= 15 is 0 Å². The van der Waals surface area contributed by atoms with Gasteiger partial charge in [0.2, 0.25) is 0 Å². The minimum Gasteiger partial charge on any atom is -0.405 e. The van der Waals surface area contributed by atoms with E-state index in [-0.39, 0.29) is 25.2 Å². The summed E-state index contributed by atoms with van der Waals surface area (Å²) in [6.07, 6.45) is -5.23. The van der Waals surface area contributed by atoms with Gasteiger partial charge in [-0.15, -0.1) is 13.2 Å². The van der Waals surface area contributed by atoms with Crippen LogP contribution in [0.25, 0.3) is 0 Å². The summed E-state index contributed by atoms with van der Waals surface area (Å²) in [6, 6.07) is 12.7. The van der Waals surface area contributed by atoms with Crippen LogP contribution < -0.4 is 4.74 Å². The van der Waals surface area contributed by atoms with Gasteiger partial charge in [-0.2, -0.15) is 0 Å². The summed E-state index contributed by atoms with van der Waals surface area (Å²) in [4.78, 5) is 0. The highest BCUT2D eigenvalue weighted by atomic mass is 19.4. The number of halogens is 3. The van der Waals surface area contributed by atoms with Gasteiger partial charge >= 0.3 is 6.36 Å². The molecule has 0 aromatic heterocycles. The molecule has 1 aliphatic carbocycles. The second-order valence-electron chi connectivity index (χ2n) is 7.94. The zero-order valence-electron chi connectivity index (χ0n) is 16.8. The van der Waals surface area contributed by atoms with Crippen LogP contribution in [0.15, 0.2) is 42.5 Å². The van der Waals surface area contributed by atoms with Gasteiger partial charge in [-0.3, -0.25) is 0 Å². The summed E-state index contributed by atoms with van der Waals surface area (Å²) in [5, 5.41) is 29.7. The lowest BCUT2D eigenvalue weighted by Gasteiger charge is -2.36. The van der Waals surface area contributed by atoms with Gasteiger partial charge in [0, 0.05) is 12.5 Å². The number of aliphatic hydroxyl groups excluding tert-OH is 3. The third-order valence-electron chi connectivity index (χ3n) is 5.80. The summed E-state index contributed by atoms with van der Waals surface area (Å²) in [7, 11) is 0. The van der Waals surface area contributed by atoms with Gasteiger partial charge in [-0.25, -0.2) is 0 Å². The predicted octanol–water partition coefficient (Wildman–Crippen LogP) is 3.95. The van der Waals surface area contributed by atoms with Crippen molar-refractivity contribution in [3.05, 3.63) is 64.7 Å². The number of aliphatic hydroxyl groups is 3. The van der Waals surface area contributed by atoms with E-state index in [0.717, 1.165) is 17.5 Å². The van der Waals surface area contributed by atoms with E-state index in [9.17, 15) is 28.5 Å². The van der Waals surface area contributed by atoms with Crippen molar-refractivity contribution in [1.29, 1.82) is 0 Å². The van der Waals surface area contributed by atoms with E-state index < -0.39 is 30.4 Å². The van der Waals surface area contributed by atoms with E-state index in [4.69, 9.17) is 0 Å². The standard InChI is InChI=1S/C23H27F3O4/c1-2-14-3-5-15(6-4-14)9-16-7-8-21(30-23(24,25)26)19(10-16)17-11-18(13-27)22(29)20(28)12-17/h3-8,10,17-18,20,22,27-29H,2,9,11-13H2,1H3/t17?,18-,20-,22-/m1/s1. The van der Waals surface area contributed by atoms with Crippen LogP contribution in [0.2, 0.25) is 0 Å². The Hall–Kier alpha value is -2.09. The van der Waals surface area contributed by atoms with Crippen molar-refractivity contribution >= 4 is 0 Å². The average Bonchev–Trinajstić information content (AvgIpc) is 2.70. The molecule has 4 atom stereocenters. The largest absolute Gasteiger partial charge is 0.573 e. The summed E-state index contributed by atoms with van der Waals surface area (Å²) in [6.45, 7) is 1.71. The first-order valence-electron chi connectivity index (χ1n) is 10.1. The molecule has 2 aromatic rings. The third kappa shape index (κ3) is 5.53. The number of hydrogen-bond donors (Lipinski definition) is 3. The van der Waals surface area contributed by atoms with Crippen LogP contribution in [-0.4, -0.2) is 40.5 Å². The van der Waals surface area contributed by atoms with E-state index in [1.165, 1.54) is 11.6 Å². The second-order valence-corrected chi connectivity index (χ2v) is 7.94. The molecule has 0 saturated heterocycles. The van der Waals surface area contributed by atoms with Crippen LogP contribution in [0, 0.1) is 5.92 Å². The molecule has 3 rings (SSSR count). The molecule has 0 aliphatic heterocycles. The van der Waals surface area contributed by atoms with Crippen LogP contribution in [0.1, 0.15) is 47.9 Å². The highest BCUT2D eigenvalue weighted by Crippen LogP contribution is 2.42. The summed E-state index contributed by atoms with van der Waals surface area (Å²) >= 11 is 0. The lowest BCUT2D eigenvalue weighted by molar-refractivity contribution is -0.275. The van der Waals surface area contributed by atoms with E-state index in [0.29, 0.717) is 12.0 Å². The van der Waals surface area contributed by atoms with Gasteiger partial charge in [0.15, 0.2) is 0 Å². The fourth-order valence-corrected chi connectivity index (χ4v) is 4.16. The van der Waals surface area contributed by atoms with Gasteiger partial charge in [-0.05, 0) is 59.9 Å². The zero-order chi connectivity index (χ0) is 21.9. The first-order chi connectivity index (χ1) is 14.2. The van der Waals surface area contributed by atoms with Gasteiger partial charge in [0.25, 0.3) is 0 Å². The maximum atomic E-state index is 12.9. The highest BCUT2D eigenvalue weighted by molar-refractivity contribution is 5.42. The van der Waals surface area contributed by atoms with Crippen molar-refractivity contribution in [2.45, 2.75) is 57.1 Å². The highest BCUT2D eigenvalue weighted by Gasteiger charge is 2.39. The van der Waals surface area contributed by atoms with Crippen LogP contribution in [0.5, 0.6) is 5.75 Å². The first kappa shape index (κ1) is 22.6. The van der Waals surface area contributed by atoms with Gasteiger partial charge < -0.3 is 20.1 Å². The molecule has 1 aliphatic rings. The molecule has 0 amide bonds. The Morgan fingerprint density at radius 2 is 1.60 bits per heavy atom. The lowest BCUT2D eigenvalue weighted by Crippen LogP contribution is -2.42. The molecule has 4 nitrogen and oxygen atoms in total. The normalized spacial score (nSPS) is 24.6. The molecule has 7 heteroatoms. The summed E-state index contributed by atoms with van der Waals surface area (Å²) in [5.74, 6) is -1.39. The number of ether oxygens (including phenoxy) is 1. The fraction of sp³-hybridized carbons (Fsp3) is 0.478. The number of alkyl halides is 3. The Morgan fingerprint density at radius 1 is 0.967 bits per heavy atom. The van der Waals surface area contributed by atoms with Gasteiger partial charge in [-0.1, -0.05) is 43.3 Å². The zero-order valence-corrected chi connectivity index (χ0v) is 16.8. The van der Waals surface area contributed by atoms with Crippen LogP contribution in [-0.2, 0) is 12.8 Å². The smallest absolute Gasteiger partial charge is 0.405 e. The minimum absolute atomic E-state index is 0.0978. The molecule has 30 heavy (non-hydrogen) atoms. The van der Waals surface area contributed by atoms with Crippen molar-refractivity contribution in [2.75, 3.05) is 6.61 Å². The van der Waals surface area contributed by atoms with Crippen molar-refractivity contribution in [2.24, 2.45) is 5.92 Å². The lowest BCUT2D eigenvalue weighted by atomic mass is 9.74. The van der Waals surface area contributed by atoms with Gasteiger partial charge in [0.05, 0.1) is 12.2 Å². The molecule has 3 N–H and O–H groups in total. The van der Waals surface area contributed by atoms with Crippen LogP contribution in [0.3, 0.4) is 0 Å². The molecule has 0 radical (unpaired) electrons. The summed E-state index contributed by atoms with van der Waals surface area (Å²) in [5.41, 5.74) is 3.40. The number of aryl methyl sites for hydroxylation is 1. The maximum Gasteiger partial charge on any atom is 0.573 e. The fourth-order valence-electron chi connectivity index (χ4n) is 4.16. The van der Waals surface area contributed by atoms with Crippen molar-refractivity contribution in [1.82, 2.24) is 0 Å². The number of hydrogen-bond acceptors (Lipinski definition) is 4. The van der Waals surface area contributed by atoms with Gasteiger partial charge in [0.1, 0.15) is 5.75 Å². The molecule has 2 aromatic carbocycles. The SMILES string of the molecule is CCc1ccc(Cc2ccc(OC(F)(F)F)c(C3C[C@H](CO)[C@@H](O)[C@H](O)C3)c2)cc1. The molecule has 164 valence electrons. The van der Waals surface area contributed by atoms with E-state index in [1.54, 1.807) is 12.1 Å². The Morgan fingerprint density at radius 3 is 2.20 bits per heavy atom. The Labute approximate surface area is 173 Å². The van der Waals surface area contributed by atoms with Crippen molar-refractivity contribution in [3.8, 4) is 5.75 Å². The molecule has 1 fully saturated rings. The molecule has 0 heterocycles. The third-order valence-corrected chi connectivity index (χ3v) is 5.80. The molecule has 1 unspecified atom stereocenters. The number of benzene rings is 2. The summed E-state index contributed by atoms with van der Waals surface area (Å²) < 4.78 is 43.1. The number of rotatable bonds is 6. The van der Waals surface area contributed by atoms with Crippen molar-refractivity contribution in [3.63, 3.8) is 0 Å². The average molecular weight is 424 g/mol. The van der Waals surface area contributed by atoms with Crippen LogP contribution in [0.4, 0.5) is 13.2 Å². The Kier molecular flexibility index (Phi) is 7.06. The van der Waals surface area contributed by atoms with E-state index in [2.05, 4.69) is 11.7 Å². The molecular weight excluding hydrogens is 397 g/mol. The first-order valence-corrected chi connectivity index (χ1v) is 10.1. The molecule has 1 saturated carbocycles. The van der Waals surface area contributed by atoms with Crippen molar-refractivity contribution < 1.29 is 33.2 Å². The minimum atomic E-state index is -4.84. The molecule has 0 spiro atoms. The quantitative estimate of drug-likeness (QED) is 0.657. The Balaban J connectivity index is 1.91. The maximum absolute atomic E-state index is 12.9. The Bertz CT molecular complexity index is 835. The van der Waals surface area contributed by atoms with Crippen LogP contribution >= 0.6 is 0 Å². The second kappa shape index (κ2) is 9.37. The molecular formula is C23H27F3O4. The van der Waals surface area contributed by atoms with E-state index in [1.807, 2.05) is 24.3 Å².